The highest BCUT2D eigenvalue weighted by Gasteiger charge is 2.13. The van der Waals surface area contributed by atoms with E-state index in [0.29, 0.717) is 10.6 Å². The molecule has 0 bridgehead atoms. The Morgan fingerprint density at radius 2 is 1.95 bits per heavy atom. The van der Waals surface area contributed by atoms with Crippen LogP contribution in [0, 0.1) is 6.92 Å². The first-order valence-electron chi connectivity index (χ1n) is 6.61. The van der Waals surface area contributed by atoms with Crippen LogP contribution < -0.4 is 5.32 Å². The minimum absolute atomic E-state index is 0.0988. The van der Waals surface area contributed by atoms with Gasteiger partial charge in [0, 0.05) is 11.1 Å². The van der Waals surface area contributed by atoms with E-state index in [9.17, 15) is 4.79 Å². The molecule has 0 fully saturated rings. The summed E-state index contributed by atoms with van der Waals surface area (Å²) in [5, 5.41) is 2.86. The molecule has 0 spiro atoms. The lowest BCUT2D eigenvalue weighted by atomic mass is 10.1. The van der Waals surface area contributed by atoms with E-state index in [-0.39, 0.29) is 5.91 Å². The van der Waals surface area contributed by atoms with Crippen molar-refractivity contribution < 1.29 is 4.79 Å². The van der Waals surface area contributed by atoms with E-state index >= 15 is 0 Å². The Kier molecular flexibility index (Phi) is 3.79. The van der Waals surface area contributed by atoms with Crippen LogP contribution in [0.3, 0.4) is 0 Å². The van der Waals surface area contributed by atoms with Crippen molar-refractivity contribution >= 4 is 22.9 Å². The van der Waals surface area contributed by atoms with Crippen molar-refractivity contribution in [3.05, 3.63) is 71.4 Å². The zero-order chi connectivity index (χ0) is 14.7. The van der Waals surface area contributed by atoms with Gasteiger partial charge in [0.2, 0.25) is 0 Å². The molecule has 0 atom stereocenters. The molecule has 1 amide bonds. The average molecular weight is 294 g/mol. The van der Waals surface area contributed by atoms with Gasteiger partial charge in [-0.1, -0.05) is 30.3 Å². The SMILES string of the molecule is Cc1cc(C(=O)Nc2cccnc2)sc1-c1ccccc1. The number of nitrogens with zero attached hydrogens (tertiary/aromatic N) is 1. The summed E-state index contributed by atoms with van der Waals surface area (Å²) in [7, 11) is 0. The number of benzene rings is 1. The molecule has 3 rings (SSSR count). The lowest BCUT2D eigenvalue weighted by Gasteiger charge is -2.01. The third-order valence-corrected chi connectivity index (χ3v) is 4.38. The first-order valence-corrected chi connectivity index (χ1v) is 7.43. The second-order valence-corrected chi connectivity index (χ2v) is 5.74. The van der Waals surface area contributed by atoms with Crippen LogP contribution >= 0.6 is 11.3 Å². The lowest BCUT2D eigenvalue weighted by Crippen LogP contribution is -2.10. The number of hydrogen-bond donors (Lipinski definition) is 1. The Hall–Kier alpha value is -2.46. The fraction of sp³-hybridized carbons (Fsp3) is 0.0588. The number of carbonyl (C=O) groups is 1. The largest absolute Gasteiger partial charge is 0.320 e. The first-order chi connectivity index (χ1) is 10.2. The Bertz CT molecular complexity index is 751. The number of nitrogens with one attached hydrogen (secondary N) is 1. The summed E-state index contributed by atoms with van der Waals surface area (Å²) in [5.74, 6) is -0.0988. The highest BCUT2D eigenvalue weighted by Crippen LogP contribution is 2.32. The predicted octanol–water partition coefficient (Wildman–Crippen LogP) is 4.37. The van der Waals surface area contributed by atoms with Crippen molar-refractivity contribution in [3.63, 3.8) is 0 Å². The highest BCUT2D eigenvalue weighted by molar-refractivity contribution is 7.17. The Balaban J connectivity index is 1.86. The van der Waals surface area contributed by atoms with Crippen molar-refractivity contribution in [2.45, 2.75) is 6.92 Å². The standard InChI is InChI=1S/C17H14N2OS/c1-12-10-15(17(20)19-14-8-5-9-18-11-14)21-16(12)13-6-3-2-4-7-13/h2-11H,1H3,(H,19,20). The smallest absolute Gasteiger partial charge is 0.265 e. The third-order valence-electron chi connectivity index (χ3n) is 3.10. The van der Waals surface area contributed by atoms with Crippen LogP contribution in [0.2, 0.25) is 0 Å². The number of amides is 1. The zero-order valence-electron chi connectivity index (χ0n) is 11.5. The summed E-state index contributed by atoms with van der Waals surface area (Å²) in [5.41, 5.74) is 2.96. The zero-order valence-corrected chi connectivity index (χ0v) is 12.4. The number of pyridine rings is 1. The van der Waals surface area contributed by atoms with Crippen molar-refractivity contribution in [1.29, 1.82) is 0 Å². The molecule has 0 unspecified atom stereocenters. The maximum absolute atomic E-state index is 12.3. The molecule has 104 valence electrons. The van der Waals surface area contributed by atoms with Gasteiger partial charge in [-0.25, -0.2) is 0 Å². The number of aryl methyl sites for hydroxylation is 1. The summed E-state index contributed by atoms with van der Waals surface area (Å²) in [4.78, 5) is 18.1. The molecule has 0 aliphatic heterocycles. The molecule has 3 aromatic rings. The van der Waals surface area contributed by atoms with Crippen LogP contribution in [0.15, 0.2) is 60.9 Å². The third kappa shape index (κ3) is 3.01. The Morgan fingerprint density at radius 3 is 2.67 bits per heavy atom. The van der Waals surface area contributed by atoms with E-state index in [1.165, 1.54) is 11.3 Å². The monoisotopic (exact) mass is 294 g/mol. The van der Waals surface area contributed by atoms with Gasteiger partial charge >= 0.3 is 0 Å². The second-order valence-electron chi connectivity index (χ2n) is 4.68. The summed E-state index contributed by atoms with van der Waals surface area (Å²) in [6.45, 7) is 2.03. The van der Waals surface area contributed by atoms with Gasteiger partial charge in [-0.2, -0.15) is 0 Å². The fourth-order valence-electron chi connectivity index (χ4n) is 2.10. The van der Waals surface area contributed by atoms with E-state index in [1.807, 2.05) is 37.3 Å². The summed E-state index contributed by atoms with van der Waals surface area (Å²) >= 11 is 1.51. The highest BCUT2D eigenvalue weighted by atomic mass is 32.1. The first kappa shape index (κ1) is 13.5. The summed E-state index contributed by atoms with van der Waals surface area (Å²) in [6.07, 6.45) is 3.31. The van der Waals surface area contributed by atoms with Crippen molar-refractivity contribution in [2.24, 2.45) is 0 Å². The van der Waals surface area contributed by atoms with Crippen LogP contribution in [0.1, 0.15) is 15.2 Å². The van der Waals surface area contributed by atoms with Gasteiger partial charge in [-0.3, -0.25) is 9.78 Å². The second kappa shape index (κ2) is 5.89. The Morgan fingerprint density at radius 1 is 1.14 bits per heavy atom. The van der Waals surface area contributed by atoms with Gasteiger partial charge in [-0.05, 0) is 36.2 Å². The van der Waals surface area contributed by atoms with Gasteiger partial charge in [0.25, 0.3) is 5.91 Å². The van der Waals surface area contributed by atoms with Crippen LogP contribution in [0.4, 0.5) is 5.69 Å². The summed E-state index contributed by atoms with van der Waals surface area (Å²) < 4.78 is 0. The maximum atomic E-state index is 12.3. The molecular formula is C17H14N2OS. The van der Waals surface area contributed by atoms with E-state index < -0.39 is 0 Å². The number of carbonyl (C=O) groups excluding carboxylic acids is 1. The maximum Gasteiger partial charge on any atom is 0.265 e. The van der Waals surface area contributed by atoms with Crippen molar-refractivity contribution in [1.82, 2.24) is 4.98 Å². The predicted molar refractivity (Wildman–Crippen MR) is 86.7 cm³/mol. The van der Waals surface area contributed by atoms with Crippen LogP contribution in [-0.4, -0.2) is 10.9 Å². The minimum Gasteiger partial charge on any atom is -0.320 e. The van der Waals surface area contributed by atoms with E-state index in [4.69, 9.17) is 0 Å². The van der Waals surface area contributed by atoms with Gasteiger partial charge in [-0.15, -0.1) is 11.3 Å². The molecule has 3 nitrogen and oxygen atoms in total. The molecule has 0 saturated carbocycles. The van der Waals surface area contributed by atoms with Crippen molar-refractivity contribution in [3.8, 4) is 10.4 Å². The van der Waals surface area contributed by atoms with E-state index in [0.717, 1.165) is 16.0 Å². The lowest BCUT2D eigenvalue weighted by molar-refractivity contribution is 0.103. The number of anilines is 1. The molecule has 1 aromatic carbocycles. The molecule has 0 aliphatic rings. The van der Waals surface area contributed by atoms with Crippen LogP contribution in [0.25, 0.3) is 10.4 Å². The molecule has 21 heavy (non-hydrogen) atoms. The number of thiophene rings is 1. The molecule has 0 aliphatic carbocycles. The van der Waals surface area contributed by atoms with Gasteiger partial charge < -0.3 is 5.32 Å². The molecule has 1 N–H and O–H groups in total. The quantitative estimate of drug-likeness (QED) is 0.779. The van der Waals surface area contributed by atoms with Crippen LogP contribution in [0.5, 0.6) is 0 Å². The Labute approximate surface area is 127 Å². The number of aromatic nitrogens is 1. The molecule has 0 saturated heterocycles. The minimum atomic E-state index is -0.0988. The average Bonchev–Trinajstić information content (AvgIpc) is 2.91. The number of hydrogen-bond acceptors (Lipinski definition) is 3. The van der Waals surface area contributed by atoms with Gasteiger partial charge in [0.05, 0.1) is 16.8 Å². The van der Waals surface area contributed by atoms with E-state index in [1.54, 1.807) is 18.5 Å². The molecular weight excluding hydrogens is 280 g/mol. The van der Waals surface area contributed by atoms with Gasteiger partial charge in [0.15, 0.2) is 0 Å². The molecule has 2 aromatic heterocycles. The fourth-order valence-corrected chi connectivity index (χ4v) is 3.17. The topological polar surface area (TPSA) is 42.0 Å². The summed E-state index contributed by atoms with van der Waals surface area (Å²) in [6, 6.07) is 15.7. The molecule has 0 radical (unpaired) electrons. The molecule has 4 heteroatoms. The van der Waals surface area contributed by atoms with Gasteiger partial charge in [0.1, 0.15) is 0 Å². The number of rotatable bonds is 3. The van der Waals surface area contributed by atoms with E-state index in [2.05, 4.69) is 22.4 Å². The van der Waals surface area contributed by atoms with Crippen molar-refractivity contribution in [2.75, 3.05) is 5.32 Å². The van der Waals surface area contributed by atoms with Crippen LogP contribution in [-0.2, 0) is 0 Å². The molecule has 2 heterocycles. The normalized spacial score (nSPS) is 10.3.